The summed E-state index contributed by atoms with van der Waals surface area (Å²) in [5, 5.41) is 14.6. The summed E-state index contributed by atoms with van der Waals surface area (Å²) in [5.41, 5.74) is 8.08. The second-order valence-electron chi connectivity index (χ2n) is 6.09. The fourth-order valence-electron chi connectivity index (χ4n) is 2.02. The standard InChI is InChI=1S/C16H28N4O6/c1-11(2)14(15(22)19-12(3)16(23)24)10-13(21)4-6-25-8-9-26-7-5-18-20-17/h11-12,14H,4-10H2,1-3H3,(H,19,22)(H,23,24)/t12-,14-/m0/s1. The van der Waals surface area contributed by atoms with Gasteiger partial charge in [0.05, 0.1) is 26.4 Å². The van der Waals surface area contributed by atoms with Gasteiger partial charge in [0.2, 0.25) is 5.91 Å². The highest BCUT2D eigenvalue weighted by Gasteiger charge is 2.27. The number of amides is 1. The van der Waals surface area contributed by atoms with Crippen LogP contribution in [0.3, 0.4) is 0 Å². The number of hydrogen-bond acceptors (Lipinski definition) is 6. The van der Waals surface area contributed by atoms with E-state index in [4.69, 9.17) is 20.1 Å². The van der Waals surface area contributed by atoms with Crippen molar-refractivity contribution in [2.75, 3.05) is 33.0 Å². The number of ether oxygens (including phenoxy) is 2. The summed E-state index contributed by atoms with van der Waals surface area (Å²) < 4.78 is 10.4. The van der Waals surface area contributed by atoms with Crippen LogP contribution in [-0.2, 0) is 23.9 Å². The first-order valence-corrected chi connectivity index (χ1v) is 8.50. The molecule has 0 saturated heterocycles. The van der Waals surface area contributed by atoms with E-state index in [1.54, 1.807) is 0 Å². The number of carbonyl (C=O) groups excluding carboxylic acids is 2. The molecule has 0 saturated carbocycles. The Labute approximate surface area is 152 Å². The van der Waals surface area contributed by atoms with Crippen LogP contribution in [0.25, 0.3) is 10.4 Å². The van der Waals surface area contributed by atoms with E-state index in [2.05, 4.69) is 15.3 Å². The third kappa shape index (κ3) is 11.4. The minimum atomic E-state index is -1.12. The van der Waals surface area contributed by atoms with Gasteiger partial charge in [-0.2, -0.15) is 0 Å². The van der Waals surface area contributed by atoms with Gasteiger partial charge in [0.15, 0.2) is 0 Å². The van der Waals surface area contributed by atoms with E-state index < -0.39 is 23.8 Å². The number of carbonyl (C=O) groups is 3. The predicted molar refractivity (Wildman–Crippen MR) is 93.5 cm³/mol. The van der Waals surface area contributed by atoms with Gasteiger partial charge in [-0.1, -0.05) is 19.0 Å². The number of ketones is 1. The van der Waals surface area contributed by atoms with E-state index in [1.165, 1.54) is 6.92 Å². The van der Waals surface area contributed by atoms with Crippen molar-refractivity contribution in [2.45, 2.75) is 39.7 Å². The van der Waals surface area contributed by atoms with Crippen molar-refractivity contribution in [3.05, 3.63) is 10.4 Å². The van der Waals surface area contributed by atoms with Gasteiger partial charge in [-0.25, -0.2) is 0 Å². The number of carboxylic acids is 1. The Morgan fingerprint density at radius 1 is 1.12 bits per heavy atom. The molecule has 1 amide bonds. The number of rotatable bonds is 15. The number of carboxylic acid groups (broad SMARTS) is 1. The van der Waals surface area contributed by atoms with Crippen molar-refractivity contribution in [3.63, 3.8) is 0 Å². The van der Waals surface area contributed by atoms with Crippen molar-refractivity contribution in [3.8, 4) is 0 Å². The molecule has 0 unspecified atom stereocenters. The summed E-state index contributed by atoms with van der Waals surface area (Å²) >= 11 is 0. The van der Waals surface area contributed by atoms with Gasteiger partial charge in [-0.05, 0) is 18.4 Å². The van der Waals surface area contributed by atoms with Crippen LogP contribution in [0.5, 0.6) is 0 Å². The van der Waals surface area contributed by atoms with Gasteiger partial charge in [-0.3, -0.25) is 14.4 Å². The predicted octanol–water partition coefficient (Wildman–Crippen LogP) is 1.54. The third-order valence-corrected chi connectivity index (χ3v) is 3.61. The molecule has 0 spiro atoms. The van der Waals surface area contributed by atoms with E-state index in [1.807, 2.05) is 13.8 Å². The lowest BCUT2D eigenvalue weighted by molar-refractivity contribution is -0.142. The van der Waals surface area contributed by atoms with E-state index in [0.29, 0.717) is 19.8 Å². The third-order valence-electron chi connectivity index (χ3n) is 3.61. The molecule has 0 aliphatic heterocycles. The maximum atomic E-state index is 12.2. The lowest BCUT2D eigenvalue weighted by atomic mass is 9.89. The molecule has 0 fully saturated rings. The fourth-order valence-corrected chi connectivity index (χ4v) is 2.02. The lowest BCUT2D eigenvalue weighted by Crippen LogP contribution is -2.43. The zero-order chi connectivity index (χ0) is 19.9. The second kappa shape index (κ2) is 14.1. The maximum absolute atomic E-state index is 12.2. The molecule has 10 nitrogen and oxygen atoms in total. The fraction of sp³-hybridized carbons (Fsp3) is 0.812. The summed E-state index contributed by atoms with van der Waals surface area (Å²) in [6.07, 6.45) is 0.214. The molecule has 10 heteroatoms. The Balaban J connectivity index is 4.06. The van der Waals surface area contributed by atoms with Crippen LogP contribution in [0, 0.1) is 11.8 Å². The quantitative estimate of drug-likeness (QED) is 0.192. The Bertz CT molecular complexity index is 505. The molecule has 0 radical (unpaired) electrons. The van der Waals surface area contributed by atoms with Gasteiger partial charge in [-0.15, -0.1) is 0 Å². The smallest absolute Gasteiger partial charge is 0.325 e. The number of hydrogen-bond donors (Lipinski definition) is 2. The van der Waals surface area contributed by atoms with Crippen LogP contribution in [0.1, 0.15) is 33.6 Å². The van der Waals surface area contributed by atoms with Gasteiger partial charge in [0.1, 0.15) is 11.8 Å². The second-order valence-corrected chi connectivity index (χ2v) is 6.09. The van der Waals surface area contributed by atoms with E-state index in [0.717, 1.165) is 0 Å². The van der Waals surface area contributed by atoms with Crippen molar-refractivity contribution in [1.82, 2.24) is 5.32 Å². The maximum Gasteiger partial charge on any atom is 0.325 e. The molecular formula is C16H28N4O6. The number of aliphatic carboxylic acids is 1. The van der Waals surface area contributed by atoms with Gasteiger partial charge < -0.3 is 19.9 Å². The number of nitrogens with zero attached hydrogens (tertiary/aromatic N) is 3. The van der Waals surface area contributed by atoms with E-state index >= 15 is 0 Å². The molecule has 0 bridgehead atoms. The largest absolute Gasteiger partial charge is 0.480 e. The Morgan fingerprint density at radius 3 is 2.27 bits per heavy atom. The molecular weight excluding hydrogens is 344 g/mol. The van der Waals surface area contributed by atoms with Crippen LogP contribution in [-0.4, -0.2) is 61.8 Å². The van der Waals surface area contributed by atoms with Gasteiger partial charge in [0, 0.05) is 30.2 Å². The molecule has 0 aromatic carbocycles. The summed E-state index contributed by atoms with van der Waals surface area (Å²) in [5.74, 6) is -2.34. The van der Waals surface area contributed by atoms with Crippen molar-refractivity contribution < 1.29 is 29.0 Å². The molecule has 26 heavy (non-hydrogen) atoms. The Kier molecular flexibility index (Phi) is 12.9. The van der Waals surface area contributed by atoms with E-state index in [9.17, 15) is 14.4 Å². The highest BCUT2D eigenvalue weighted by atomic mass is 16.5. The first-order valence-electron chi connectivity index (χ1n) is 8.50. The first-order chi connectivity index (χ1) is 12.3. The molecule has 0 aliphatic rings. The SMILES string of the molecule is CC(C)[C@H](CC(=O)CCOCCOCCN=[N+]=[N-])C(=O)N[C@@H](C)C(=O)O. The number of azide groups is 1. The molecule has 2 N–H and O–H groups in total. The number of nitrogens with one attached hydrogen (secondary N) is 1. The Morgan fingerprint density at radius 2 is 1.73 bits per heavy atom. The molecule has 0 aliphatic carbocycles. The van der Waals surface area contributed by atoms with Crippen LogP contribution >= 0.6 is 0 Å². The van der Waals surface area contributed by atoms with Crippen molar-refractivity contribution in [2.24, 2.45) is 17.0 Å². The summed E-state index contributed by atoms with van der Waals surface area (Å²) in [7, 11) is 0. The van der Waals surface area contributed by atoms with Crippen LogP contribution in [0.2, 0.25) is 0 Å². The lowest BCUT2D eigenvalue weighted by Gasteiger charge is -2.21. The zero-order valence-electron chi connectivity index (χ0n) is 15.5. The molecule has 0 aromatic heterocycles. The van der Waals surface area contributed by atoms with Crippen molar-refractivity contribution in [1.29, 1.82) is 0 Å². The Hall–Kier alpha value is -2.16. The first kappa shape index (κ1) is 23.8. The monoisotopic (exact) mass is 372 g/mol. The molecule has 0 heterocycles. The highest BCUT2D eigenvalue weighted by molar-refractivity contribution is 5.89. The van der Waals surface area contributed by atoms with Crippen LogP contribution in [0.15, 0.2) is 5.11 Å². The normalized spacial score (nSPS) is 12.9. The summed E-state index contributed by atoms with van der Waals surface area (Å²) in [4.78, 5) is 37.6. The van der Waals surface area contributed by atoms with Gasteiger partial charge >= 0.3 is 5.97 Å². The molecule has 0 rings (SSSR count). The van der Waals surface area contributed by atoms with Crippen LogP contribution in [0.4, 0.5) is 0 Å². The topological polar surface area (TPSA) is 151 Å². The molecule has 0 aromatic rings. The highest BCUT2D eigenvalue weighted by Crippen LogP contribution is 2.17. The zero-order valence-corrected chi connectivity index (χ0v) is 15.5. The van der Waals surface area contributed by atoms with E-state index in [-0.39, 0.29) is 37.7 Å². The average Bonchev–Trinajstić information content (AvgIpc) is 2.57. The van der Waals surface area contributed by atoms with Gasteiger partial charge in [0.25, 0.3) is 0 Å². The number of Topliss-reactive ketones (excluding diaryl/α,β-unsaturated/α-hetero) is 1. The minimum Gasteiger partial charge on any atom is -0.480 e. The summed E-state index contributed by atoms with van der Waals surface area (Å²) in [6, 6.07) is -0.999. The molecule has 2 atom stereocenters. The van der Waals surface area contributed by atoms with Crippen molar-refractivity contribution >= 4 is 17.7 Å². The van der Waals surface area contributed by atoms with Crippen LogP contribution < -0.4 is 5.32 Å². The molecule has 148 valence electrons. The summed E-state index contributed by atoms with van der Waals surface area (Å²) in [6.45, 7) is 6.44. The average molecular weight is 372 g/mol. The minimum absolute atomic E-state index is 0.0435.